The summed E-state index contributed by atoms with van der Waals surface area (Å²) < 4.78 is 1.16. The van der Waals surface area contributed by atoms with Crippen molar-refractivity contribution in [2.75, 3.05) is 0 Å². The third-order valence-corrected chi connectivity index (χ3v) is 2.94. The Hall–Kier alpha value is -0.560. The van der Waals surface area contributed by atoms with E-state index in [0.717, 1.165) is 10.4 Å². The molecule has 0 saturated heterocycles. The van der Waals surface area contributed by atoms with Crippen molar-refractivity contribution in [3.63, 3.8) is 0 Å². The van der Waals surface area contributed by atoms with Gasteiger partial charge in [-0.2, -0.15) is 0 Å². The van der Waals surface area contributed by atoms with Gasteiger partial charge in [-0.1, -0.05) is 40.2 Å². The first-order chi connectivity index (χ1) is 5.75. The van der Waals surface area contributed by atoms with Crippen LogP contribution in [0.25, 0.3) is 0 Å². The maximum Gasteiger partial charge on any atom is 0.0175 e. The zero-order chi connectivity index (χ0) is 8.55. The summed E-state index contributed by atoms with van der Waals surface area (Å²) in [4.78, 5) is 0. The van der Waals surface area contributed by atoms with Crippen LogP contribution >= 0.6 is 15.9 Å². The molecule has 0 aliphatic heterocycles. The Balaban J connectivity index is 2.14. The van der Waals surface area contributed by atoms with Crippen molar-refractivity contribution in [1.82, 2.24) is 0 Å². The maximum atomic E-state index is 3.94. The second-order valence-corrected chi connectivity index (χ2v) is 4.32. The summed E-state index contributed by atoms with van der Waals surface area (Å²) in [5.74, 6) is 0.741. The van der Waals surface area contributed by atoms with E-state index in [1.807, 2.05) is 0 Å². The molecule has 0 nitrogen and oxygen atoms in total. The van der Waals surface area contributed by atoms with Gasteiger partial charge < -0.3 is 0 Å². The summed E-state index contributed by atoms with van der Waals surface area (Å²) in [6.45, 7) is 3.94. The molecule has 1 saturated carbocycles. The molecule has 2 rings (SSSR count). The Kier molecular flexibility index (Phi) is 2.05. The fraction of sp³-hybridized carbons (Fsp3) is 0.273. The predicted molar refractivity (Wildman–Crippen MR) is 55.3 cm³/mol. The topological polar surface area (TPSA) is 0 Å². The normalized spacial score (nSPS) is 17.6. The van der Waals surface area contributed by atoms with Gasteiger partial charge in [-0.3, -0.25) is 0 Å². The molecule has 0 spiro atoms. The Morgan fingerprint density at radius 2 is 1.75 bits per heavy atom. The van der Waals surface area contributed by atoms with Crippen LogP contribution in [0.15, 0.2) is 40.9 Å². The standard InChI is InChI=1S/C11H11Br/c1-8-6-10(7-8)9-2-4-11(12)5-3-9/h2-5,10H,1,6-7H2. The summed E-state index contributed by atoms with van der Waals surface area (Å²) in [7, 11) is 0. The van der Waals surface area contributed by atoms with E-state index >= 15 is 0 Å². The molecule has 0 unspecified atom stereocenters. The zero-order valence-corrected chi connectivity index (χ0v) is 8.47. The molecule has 12 heavy (non-hydrogen) atoms. The Labute approximate surface area is 81.4 Å². The van der Waals surface area contributed by atoms with Gasteiger partial charge >= 0.3 is 0 Å². The second kappa shape index (κ2) is 3.06. The summed E-state index contributed by atoms with van der Waals surface area (Å²) in [6.07, 6.45) is 2.36. The highest BCUT2D eigenvalue weighted by Crippen LogP contribution is 2.39. The van der Waals surface area contributed by atoms with Gasteiger partial charge in [0.15, 0.2) is 0 Å². The molecule has 0 N–H and O–H groups in total. The van der Waals surface area contributed by atoms with Crippen molar-refractivity contribution in [2.45, 2.75) is 18.8 Å². The molecule has 62 valence electrons. The van der Waals surface area contributed by atoms with Crippen LogP contribution in [-0.4, -0.2) is 0 Å². The lowest BCUT2D eigenvalue weighted by Crippen LogP contribution is -2.11. The minimum Gasteiger partial charge on any atom is -0.0998 e. The van der Waals surface area contributed by atoms with E-state index in [1.54, 1.807) is 0 Å². The van der Waals surface area contributed by atoms with Gasteiger partial charge in [-0.15, -0.1) is 0 Å². The minimum absolute atomic E-state index is 0.741. The van der Waals surface area contributed by atoms with Crippen LogP contribution in [-0.2, 0) is 0 Å². The number of halogens is 1. The fourth-order valence-corrected chi connectivity index (χ4v) is 1.87. The van der Waals surface area contributed by atoms with Gasteiger partial charge in [0.2, 0.25) is 0 Å². The molecule has 0 aromatic heterocycles. The fourth-order valence-electron chi connectivity index (χ4n) is 1.61. The summed E-state index contributed by atoms with van der Waals surface area (Å²) in [5, 5.41) is 0. The van der Waals surface area contributed by atoms with Crippen molar-refractivity contribution >= 4 is 15.9 Å². The summed E-state index contributed by atoms with van der Waals surface area (Å²) in [5.41, 5.74) is 2.84. The highest BCUT2D eigenvalue weighted by Gasteiger charge is 2.22. The van der Waals surface area contributed by atoms with Crippen LogP contribution in [0.3, 0.4) is 0 Å². The first-order valence-corrected chi connectivity index (χ1v) is 4.97. The van der Waals surface area contributed by atoms with E-state index in [4.69, 9.17) is 0 Å². The van der Waals surface area contributed by atoms with E-state index in [2.05, 4.69) is 46.8 Å². The molecular formula is C11H11Br. The number of allylic oxidation sites excluding steroid dienone is 1. The van der Waals surface area contributed by atoms with Gasteiger partial charge in [0.25, 0.3) is 0 Å². The van der Waals surface area contributed by atoms with Crippen LogP contribution in [0.1, 0.15) is 24.3 Å². The molecule has 0 bridgehead atoms. The van der Waals surface area contributed by atoms with E-state index in [9.17, 15) is 0 Å². The summed E-state index contributed by atoms with van der Waals surface area (Å²) >= 11 is 3.43. The average molecular weight is 223 g/mol. The van der Waals surface area contributed by atoms with E-state index in [-0.39, 0.29) is 0 Å². The molecule has 1 aromatic carbocycles. The van der Waals surface area contributed by atoms with Crippen molar-refractivity contribution in [3.05, 3.63) is 46.5 Å². The number of hydrogen-bond donors (Lipinski definition) is 0. The predicted octanol–water partition coefficient (Wildman–Crippen LogP) is 3.88. The zero-order valence-electron chi connectivity index (χ0n) is 6.89. The molecule has 0 heterocycles. The second-order valence-electron chi connectivity index (χ2n) is 3.41. The van der Waals surface area contributed by atoms with E-state index < -0.39 is 0 Å². The number of hydrogen-bond acceptors (Lipinski definition) is 0. The SMILES string of the molecule is C=C1CC(c2ccc(Br)cc2)C1. The molecule has 0 amide bonds. The molecule has 1 aliphatic rings. The first kappa shape index (κ1) is 8.06. The lowest BCUT2D eigenvalue weighted by Gasteiger charge is -2.28. The molecular weight excluding hydrogens is 212 g/mol. The van der Waals surface area contributed by atoms with Crippen molar-refractivity contribution in [3.8, 4) is 0 Å². The highest BCUT2D eigenvalue weighted by molar-refractivity contribution is 9.10. The average Bonchev–Trinajstić information content (AvgIpc) is 2.01. The van der Waals surface area contributed by atoms with Gasteiger partial charge in [-0.25, -0.2) is 0 Å². The molecule has 0 radical (unpaired) electrons. The lowest BCUT2D eigenvalue weighted by atomic mass is 9.77. The van der Waals surface area contributed by atoms with Crippen molar-refractivity contribution in [1.29, 1.82) is 0 Å². The lowest BCUT2D eigenvalue weighted by molar-refractivity contribution is 0.552. The van der Waals surface area contributed by atoms with Crippen molar-refractivity contribution in [2.24, 2.45) is 0 Å². The largest absolute Gasteiger partial charge is 0.0998 e. The van der Waals surface area contributed by atoms with Crippen LogP contribution in [0.5, 0.6) is 0 Å². The Morgan fingerprint density at radius 1 is 1.17 bits per heavy atom. The molecule has 1 aliphatic carbocycles. The van der Waals surface area contributed by atoms with Gasteiger partial charge in [0, 0.05) is 4.47 Å². The Bertz CT molecular complexity index is 289. The highest BCUT2D eigenvalue weighted by atomic mass is 79.9. The molecule has 1 aromatic rings. The van der Waals surface area contributed by atoms with Gasteiger partial charge in [-0.05, 0) is 36.5 Å². The summed E-state index contributed by atoms with van der Waals surface area (Å²) in [6, 6.07) is 8.61. The first-order valence-electron chi connectivity index (χ1n) is 4.18. The number of benzene rings is 1. The van der Waals surface area contributed by atoms with Crippen LogP contribution in [0, 0.1) is 0 Å². The Morgan fingerprint density at radius 3 is 2.25 bits per heavy atom. The van der Waals surface area contributed by atoms with Crippen LogP contribution in [0.2, 0.25) is 0 Å². The number of rotatable bonds is 1. The minimum atomic E-state index is 0.741. The third-order valence-electron chi connectivity index (χ3n) is 2.41. The van der Waals surface area contributed by atoms with Crippen LogP contribution in [0.4, 0.5) is 0 Å². The van der Waals surface area contributed by atoms with E-state index in [1.165, 1.54) is 24.0 Å². The molecule has 1 fully saturated rings. The smallest absolute Gasteiger partial charge is 0.0175 e. The molecule has 0 atom stereocenters. The maximum absolute atomic E-state index is 3.94. The molecule has 1 heteroatoms. The van der Waals surface area contributed by atoms with Gasteiger partial charge in [0.05, 0.1) is 0 Å². The quantitative estimate of drug-likeness (QED) is 0.633. The monoisotopic (exact) mass is 222 g/mol. The van der Waals surface area contributed by atoms with E-state index in [0.29, 0.717) is 0 Å². The van der Waals surface area contributed by atoms with Crippen molar-refractivity contribution < 1.29 is 0 Å². The van der Waals surface area contributed by atoms with Gasteiger partial charge in [0.1, 0.15) is 0 Å². The van der Waals surface area contributed by atoms with Crippen LogP contribution < -0.4 is 0 Å². The third kappa shape index (κ3) is 1.46.